The number of halogens is 1. The lowest BCUT2D eigenvalue weighted by Crippen LogP contribution is -2.00. The van der Waals surface area contributed by atoms with E-state index in [2.05, 4.69) is 0 Å². The lowest BCUT2D eigenvalue weighted by molar-refractivity contribution is 0.220. The van der Waals surface area contributed by atoms with Gasteiger partial charge in [-0.15, -0.1) is 0 Å². The summed E-state index contributed by atoms with van der Waals surface area (Å²) in [6.45, 7) is 0. The normalized spacial score (nSPS) is 16.1. The van der Waals surface area contributed by atoms with Crippen LogP contribution in [0, 0.1) is 0 Å². The van der Waals surface area contributed by atoms with Gasteiger partial charge in [-0.05, 0) is 48.2 Å². The molecule has 1 aliphatic carbocycles. The Labute approximate surface area is 117 Å². The standard InChI is InChI=1S/C16H15ClO2/c17-13-5-1-11(2-6-13)16(18)12-3-7-14(8-4-12)19-15-9-10-15/h1-8,15-16,18H,9-10H2. The Bertz CT molecular complexity index is 544. The number of benzene rings is 2. The number of rotatable bonds is 4. The van der Waals surface area contributed by atoms with Crippen LogP contribution in [0.4, 0.5) is 0 Å². The fraction of sp³-hybridized carbons (Fsp3) is 0.250. The summed E-state index contributed by atoms with van der Waals surface area (Å²) >= 11 is 5.84. The molecule has 0 radical (unpaired) electrons. The van der Waals surface area contributed by atoms with E-state index in [1.807, 2.05) is 36.4 Å². The SMILES string of the molecule is OC(c1ccc(Cl)cc1)c1ccc(OC2CC2)cc1. The van der Waals surface area contributed by atoms with Crippen LogP contribution in [-0.4, -0.2) is 11.2 Å². The van der Waals surface area contributed by atoms with E-state index in [1.54, 1.807) is 12.1 Å². The summed E-state index contributed by atoms with van der Waals surface area (Å²) in [5.74, 6) is 0.870. The molecular formula is C16H15ClO2. The van der Waals surface area contributed by atoms with Gasteiger partial charge in [-0.25, -0.2) is 0 Å². The average molecular weight is 275 g/mol. The molecule has 0 amide bonds. The van der Waals surface area contributed by atoms with Crippen LogP contribution < -0.4 is 4.74 Å². The molecule has 3 rings (SSSR count). The van der Waals surface area contributed by atoms with Crippen molar-refractivity contribution in [2.45, 2.75) is 25.0 Å². The topological polar surface area (TPSA) is 29.5 Å². The number of ether oxygens (including phenoxy) is 1. The van der Waals surface area contributed by atoms with Gasteiger partial charge in [0.25, 0.3) is 0 Å². The number of aliphatic hydroxyl groups is 1. The highest BCUT2D eigenvalue weighted by atomic mass is 35.5. The van der Waals surface area contributed by atoms with Gasteiger partial charge in [0.05, 0.1) is 6.10 Å². The van der Waals surface area contributed by atoms with Crippen LogP contribution in [0.1, 0.15) is 30.1 Å². The largest absolute Gasteiger partial charge is 0.490 e. The van der Waals surface area contributed by atoms with Gasteiger partial charge in [0.2, 0.25) is 0 Å². The zero-order chi connectivity index (χ0) is 13.2. The minimum atomic E-state index is -0.632. The predicted molar refractivity (Wildman–Crippen MR) is 75.6 cm³/mol. The van der Waals surface area contributed by atoms with E-state index in [4.69, 9.17) is 16.3 Å². The molecule has 0 saturated heterocycles. The van der Waals surface area contributed by atoms with Crippen LogP contribution in [0.2, 0.25) is 5.02 Å². The lowest BCUT2D eigenvalue weighted by Gasteiger charge is -2.12. The zero-order valence-electron chi connectivity index (χ0n) is 10.4. The molecule has 1 aliphatic rings. The highest BCUT2D eigenvalue weighted by Gasteiger charge is 2.23. The Balaban J connectivity index is 1.75. The van der Waals surface area contributed by atoms with Gasteiger partial charge in [-0.2, -0.15) is 0 Å². The van der Waals surface area contributed by atoms with Crippen molar-refractivity contribution in [1.29, 1.82) is 0 Å². The molecular weight excluding hydrogens is 260 g/mol. The summed E-state index contributed by atoms with van der Waals surface area (Å²) in [5, 5.41) is 11.0. The Hall–Kier alpha value is -1.51. The van der Waals surface area contributed by atoms with Crippen molar-refractivity contribution in [1.82, 2.24) is 0 Å². The van der Waals surface area contributed by atoms with E-state index >= 15 is 0 Å². The van der Waals surface area contributed by atoms with Crippen molar-refractivity contribution >= 4 is 11.6 Å². The lowest BCUT2D eigenvalue weighted by atomic mass is 10.0. The maximum Gasteiger partial charge on any atom is 0.119 e. The summed E-state index contributed by atoms with van der Waals surface area (Å²) in [7, 11) is 0. The molecule has 98 valence electrons. The molecule has 2 aromatic rings. The van der Waals surface area contributed by atoms with E-state index in [-0.39, 0.29) is 0 Å². The van der Waals surface area contributed by atoms with Crippen LogP contribution in [0.3, 0.4) is 0 Å². The molecule has 2 aromatic carbocycles. The van der Waals surface area contributed by atoms with Crippen molar-refractivity contribution in [2.24, 2.45) is 0 Å². The first kappa shape index (κ1) is 12.5. The summed E-state index contributed by atoms with van der Waals surface area (Å²) in [6.07, 6.45) is 2.06. The fourth-order valence-electron chi connectivity index (χ4n) is 1.94. The highest BCUT2D eigenvalue weighted by Crippen LogP contribution is 2.29. The molecule has 3 heteroatoms. The van der Waals surface area contributed by atoms with Crippen molar-refractivity contribution < 1.29 is 9.84 Å². The summed E-state index contributed by atoms with van der Waals surface area (Å²) in [6, 6.07) is 14.9. The highest BCUT2D eigenvalue weighted by molar-refractivity contribution is 6.30. The van der Waals surface area contributed by atoms with E-state index in [0.29, 0.717) is 11.1 Å². The van der Waals surface area contributed by atoms with Gasteiger partial charge in [0, 0.05) is 5.02 Å². The molecule has 19 heavy (non-hydrogen) atoms. The van der Waals surface area contributed by atoms with E-state index in [0.717, 1.165) is 29.7 Å². The van der Waals surface area contributed by atoms with Gasteiger partial charge >= 0.3 is 0 Å². The average Bonchev–Trinajstić information content (AvgIpc) is 3.24. The van der Waals surface area contributed by atoms with Crippen LogP contribution in [0.25, 0.3) is 0 Å². The number of hydrogen-bond acceptors (Lipinski definition) is 2. The maximum atomic E-state index is 10.3. The van der Waals surface area contributed by atoms with Crippen LogP contribution in [-0.2, 0) is 0 Å². The van der Waals surface area contributed by atoms with Gasteiger partial charge < -0.3 is 9.84 Å². The first-order valence-electron chi connectivity index (χ1n) is 6.42. The van der Waals surface area contributed by atoms with Gasteiger partial charge in [0.15, 0.2) is 0 Å². The molecule has 1 atom stereocenters. The van der Waals surface area contributed by atoms with Crippen LogP contribution in [0.5, 0.6) is 5.75 Å². The summed E-state index contributed by atoms with van der Waals surface area (Å²) in [4.78, 5) is 0. The quantitative estimate of drug-likeness (QED) is 0.914. The molecule has 0 heterocycles. The Morgan fingerprint density at radius 1 is 0.947 bits per heavy atom. The Morgan fingerprint density at radius 3 is 2.00 bits per heavy atom. The summed E-state index contributed by atoms with van der Waals surface area (Å²) < 4.78 is 5.68. The maximum absolute atomic E-state index is 10.3. The van der Waals surface area contributed by atoms with Gasteiger partial charge in [-0.3, -0.25) is 0 Å². The van der Waals surface area contributed by atoms with E-state index in [9.17, 15) is 5.11 Å². The van der Waals surface area contributed by atoms with E-state index < -0.39 is 6.10 Å². The first-order valence-corrected chi connectivity index (χ1v) is 6.80. The van der Waals surface area contributed by atoms with Crippen LogP contribution in [0.15, 0.2) is 48.5 Å². The molecule has 1 N–H and O–H groups in total. The molecule has 1 unspecified atom stereocenters. The molecule has 0 aliphatic heterocycles. The van der Waals surface area contributed by atoms with E-state index in [1.165, 1.54) is 0 Å². The minimum Gasteiger partial charge on any atom is -0.490 e. The predicted octanol–water partition coefficient (Wildman–Crippen LogP) is 3.96. The molecule has 1 fully saturated rings. The third-order valence-corrected chi connectivity index (χ3v) is 3.46. The Kier molecular flexibility index (Phi) is 3.45. The van der Waals surface area contributed by atoms with Crippen molar-refractivity contribution in [3.8, 4) is 5.75 Å². The molecule has 0 spiro atoms. The summed E-state index contributed by atoms with van der Waals surface area (Å²) in [5.41, 5.74) is 1.69. The minimum absolute atomic E-state index is 0.395. The van der Waals surface area contributed by atoms with Gasteiger partial charge in [-0.1, -0.05) is 35.9 Å². The molecule has 1 saturated carbocycles. The van der Waals surface area contributed by atoms with Gasteiger partial charge in [0.1, 0.15) is 11.9 Å². The molecule has 0 aromatic heterocycles. The number of aliphatic hydroxyl groups excluding tert-OH is 1. The molecule has 0 bridgehead atoms. The second kappa shape index (κ2) is 5.24. The van der Waals surface area contributed by atoms with Crippen molar-refractivity contribution in [3.63, 3.8) is 0 Å². The van der Waals surface area contributed by atoms with Crippen LogP contribution >= 0.6 is 11.6 Å². The monoisotopic (exact) mass is 274 g/mol. The Morgan fingerprint density at radius 2 is 1.47 bits per heavy atom. The third kappa shape index (κ3) is 3.09. The third-order valence-electron chi connectivity index (χ3n) is 3.21. The zero-order valence-corrected chi connectivity index (χ0v) is 11.2. The van der Waals surface area contributed by atoms with Crippen molar-refractivity contribution in [2.75, 3.05) is 0 Å². The molecule has 2 nitrogen and oxygen atoms in total. The fourth-order valence-corrected chi connectivity index (χ4v) is 2.07. The second-order valence-electron chi connectivity index (χ2n) is 4.84. The van der Waals surface area contributed by atoms with Crippen molar-refractivity contribution in [3.05, 3.63) is 64.7 Å². The first-order chi connectivity index (χ1) is 9.22. The smallest absolute Gasteiger partial charge is 0.119 e. The number of hydrogen-bond donors (Lipinski definition) is 1. The second-order valence-corrected chi connectivity index (χ2v) is 5.28.